The third kappa shape index (κ3) is 4.40. The maximum Gasteiger partial charge on any atom is 0.0707 e. The van der Waals surface area contributed by atoms with Crippen molar-refractivity contribution in [1.29, 1.82) is 0 Å². The predicted molar refractivity (Wildman–Crippen MR) is 68.5 cm³/mol. The number of nitrogens with two attached hydrogens (primary N) is 1. The van der Waals surface area contributed by atoms with Crippen molar-refractivity contribution in [2.45, 2.75) is 58.8 Å². The Bertz CT molecular complexity index is 194. The summed E-state index contributed by atoms with van der Waals surface area (Å²) in [5, 5.41) is 0. The lowest BCUT2D eigenvalue weighted by Crippen LogP contribution is -2.40. The highest BCUT2D eigenvalue weighted by Crippen LogP contribution is 2.20. The summed E-state index contributed by atoms with van der Waals surface area (Å²) < 4.78 is 5.91. The average molecular weight is 228 g/mol. The summed E-state index contributed by atoms with van der Waals surface area (Å²) in [5.74, 6) is 0.717. The largest absolute Gasteiger partial charge is 0.372 e. The zero-order valence-electron chi connectivity index (χ0n) is 11.3. The molecule has 0 radical (unpaired) electrons. The van der Waals surface area contributed by atoms with Crippen molar-refractivity contribution in [3.63, 3.8) is 0 Å². The van der Waals surface area contributed by atoms with Crippen molar-refractivity contribution in [1.82, 2.24) is 4.90 Å². The lowest BCUT2D eigenvalue weighted by atomic mass is 10.1. The molecule has 3 heteroatoms. The van der Waals surface area contributed by atoms with Crippen molar-refractivity contribution in [3.8, 4) is 0 Å². The topological polar surface area (TPSA) is 38.5 Å². The zero-order valence-corrected chi connectivity index (χ0v) is 11.3. The standard InChI is InChI=1S/C13H28N2O/c1-10(2)8-15(11(3)4)9-13-6-5-12(7-14)16-13/h10-13H,5-9,14H2,1-4H3. The van der Waals surface area contributed by atoms with E-state index in [1.807, 2.05) is 0 Å². The Hall–Kier alpha value is -0.120. The van der Waals surface area contributed by atoms with Crippen LogP contribution in [0.15, 0.2) is 0 Å². The third-order valence-electron chi connectivity index (χ3n) is 3.23. The van der Waals surface area contributed by atoms with Crippen LogP contribution < -0.4 is 5.73 Å². The molecule has 0 aliphatic carbocycles. The van der Waals surface area contributed by atoms with Gasteiger partial charge in [-0.15, -0.1) is 0 Å². The summed E-state index contributed by atoms with van der Waals surface area (Å²) in [6.07, 6.45) is 3.01. The fourth-order valence-electron chi connectivity index (χ4n) is 2.31. The lowest BCUT2D eigenvalue weighted by Gasteiger charge is -2.30. The summed E-state index contributed by atoms with van der Waals surface area (Å²) >= 11 is 0. The first-order chi connectivity index (χ1) is 7.52. The molecule has 3 nitrogen and oxygen atoms in total. The Morgan fingerprint density at radius 2 is 1.81 bits per heavy atom. The van der Waals surface area contributed by atoms with Crippen LogP contribution in [0.25, 0.3) is 0 Å². The summed E-state index contributed by atoms with van der Waals surface area (Å²) in [4.78, 5) is 2.52. The van der Waals surface area contributed by atoms with Gasteiger partial charge in [0.2, 0.25) is 0 Å². The van der Waals surface area contributed by atoms with Gasteiger partial charge in [-0.2, -0.15) is 0 Å². The molecule has 0 bridgehead atoms. The van der Waals surface area contributed by atoms with Gasteiger partial charge < -0.3 is 10.5 Å². The van der Waals surface area contributed by atoms with E-state index in [9.17, 15) is 0 Å². The van der Waals surface area contributed by atoms with Gasteiger partial charge in [0, 0.05) is 25.7 Å². The van der Waals surface area contributed by atoms with Crippen molar-refractivity contribution in [2.24, 2.45) is 11.7 Å². The second kappa shape index (κ2) is 6.58. The lowest BCUT2D eigenvalue weighted by molar-refractivity contribution is 0.0180. The van der Waals surface area contributed by atoms with E-state index in [-0.39, 0.29) is 0 Å². The third-order valence-corrected chi connectivity index (χ3v) is 3.23. The van der Waals surface area contributed by atoms with Crippen molar-refractivity contribution in [3.05, 3.63) is 0 Å². The first kappa shape index (κ1) is 13.9. The van der Waals surface area contributed by atoms with Crippen LogP contribution in [0.3, 0.4) is 0 Å². The Balaban J connectivity index is 2.37. The molecule has 1 fully saturated rings. The molecular weight excluding hydrogens is 200 g/mol. The van der Waals surface area contributed by atoms with E-state index in [1.165, 1.54) is 6.42 Å². The Kier molecular flexibility index (Phi) is 5.73. The quantitative estimate of drug-likeness (QED) is 0.754. The van der Waals surface area contributed by atoms with Gasteiger partial charge in [-0.3, -0.25) is 4.90 Å². The van der Waals surface area contributed by atoms with E-state index < -0.39 is 0 Å². The van der Waals surface area contributed by atoms with E-state index in [2.05, 4.69) is 32.6 Å². The molecule has 0 spiro atoms. The molecule has 0 aromatic heterocycles. The van der Waals surface area contributed by atoms with Gasteiger partial charge in [-0.1, -0.05) is 13.8 Å². The number of hydrogen-bond acceptors (Lipinski definition) is 3. The van der Waals surface area contributed by atoms with E-state index in [4.69, 9.17) is 10.5 Å². The SMILES string of the molecule is CC(C)CN(CC1CCC(CN)O1)C(C)C. The fraction of sp³-hybridized carbons (Fsp3) is 1.00. The molecule has 0 aromatic carbocycles. The fourth-order valence-corrected chi connectivity index (χ4v) is 2.31. The second-order valence-electron chi connectivity index (χ2n) is 5.63. The molecule has 1 saturated heterocycles. The van der Waals surface area contributed by atoms with E-state index in [1.54, 1.807) is 0 Å². The minimum atomic E-state index is 0.304. The van der Waals surface area contributed by atoms with Gasteiger partial charge in [-0.25, -0.2) is 0 Å². The molecule has 2 unspecified atom stereocenters. The van der Waals surface area contributed by atoms with Crippen LogP contribution in [-0.2, 0) is 4.74 Å². The van der Waals surface area contributed by atoms with E-state index in [0.717, 1.165) is 19.5 Å². The van der Waals surface area contributed by atoms with Crippen LogP contribution in [-0.4, -0.2) is 42.8 Å². The summed E-state index contributed by atoms with van der Waals surface area (Å²) in [6, 6.07) is 0.600. The number of ether oxygens (including phenoxy) is 1. The molecule has 1 aliphatic rings. The van der Waals surface area contributed by atoms with Crippen LogP contribution in [0.1, 0.15) is 40.5 Å². The number of hydrogen-bond donors (Lipinski definition) is 1. The first-order valence-electron chi connectivity index (χ1n) is 6.62. The minimum Gasteiger partial charge on any atom is -0.372 e. The smallest absolute Gasteiger partial charge is 0.0707 e. The van der Waals surface area contributed by atoms with Gasteiger partial charge in [0.25, 0.3) is 0 Å². The van der Waals surface area contributed by atoms with Crippen molar-refractivity contribution >= 4 is 0 Å². The second-order valence-corrected chi connectivity index (χ2v) is 5.63. The van der Waals surface area contributed by atoms with Crippen LogP contribution in [0.4, 0.5) is 0 Å². The molecule has 0 aromatic rings. The molecular formula is C13H28N2O. The molecule has 0 amide bonds. The van der Waals surface area contributed by atoms with Gasteiger partial charge in [-0.05, 0) is 32.6 Å². The molecule has 2 N–H and O–H groups in total. The van der Waals surface area contributed by atoms with Gasteiger partial charge in [0.15, 0.2) is 0 Å². The Morgan fingerprint density at radius 1 is 1.19 bits per heavy atom. The normalized spacial score (nSPS) is 26.2. The zero-order chi connectivity index (χ0) is 12.1. The highest BCUT2D eigenvalue weighted by Gasteiger charge is 2.26. The number of rotatable bonds is 6. The average Bonchev–Trinajstić information content (AvgIpc) is 2.63. The molecule has 16 heavy (non-hydrogen) atoms. The van der Waals surface area contributed by atoms with Gasteiger partial charge >= 0.3 is 0 Å². The molecule has 0 saturated carbocycles. The van der Waals surface area contributed by atoms with Crippen LogP contribution in [0.5, 0.6) is 0 Å². The van der Waals surface area contributed by atoms with Crippen LogP contribution >= 0.6 is 0 Å². The van der Waals surface area contributed by atoms with Crippen LogP contribution in [0, 0.1) is 5.92 Å². The van der Waals surface area contributed by atoms with Crippen LogP contribution in [0.2, 0.25) is 0 Å². The van der Waals surface area contributed by atoms with Gasteiger partial charge in [0.05, 0.1) is 12.2 Å². The predicted octanol–water partition coefficient (Wildman–Crippen LogP) is 1.86. The van der Waals surface area contributed by atoms with E-state index in [0.29, 0.717) is 30.7 Å². The molecule has 1 rings (SSSR count). The van der Waals surface area contributed by atoms with Gasteiger partial charge in [0.1, 0.15) is 0 Å². The Labute approximate surface area is 100 Å². The van der Waals surface area contributed by atoms with E-state index >= 15 is 0 Å². The summed E-state index contributed by atoms with van der Waals surface area (Å²) in [6.45, 7) is 12.0. The van der Waals surface area contributed by atoms with Crippen molar-refractivity contribution in [2.75, 3.05) is 19.6 Å². The number of nitrogens with zero attached hydrogens (tertiary/aromatic N) is 1. The summed E-state index contributed by atoms with van der Waals surface area (Å²) in [5.41, 5.74) is 5.63. The highest BCUT2D eigenvalue weighted by atomic mass is 16.5. The summed E-state index contributed by atoms with van der Waals surface area (Å²) in [7, 11) is 0. The minimum absolute atomic E-state index is 0.304. The Morgan fingerprint density at radius 3 is 2.25 bits per heavy atom. The maximum atomic E-state index is 5.91. The highest BCUT2D eigenvalue weighted by molar-refractivity contribution is 4.78. The first-order valence-corrected chi connectivity index (χ1v) is 6.62. The molecule has 1 heterocycles. The molecule has 96 valence electrons. The van der Waals surface area contributed by atoms with Crippen molar-refractivity contribution < 1.29 is 4.74 Å². The molecule has 1 aliphatic heterocycles. The molecule has 2 atom stereocenters. The maximum absolute atomic E-state index is 5.91. The monoisotopic (exact) mass is 228 g/mol.